The normalized spacial score (nSPS) is 23.0. The van der Waals surface area contributed by atoms with Crippen molar-refractivity contribution in [3.63, 3.8) is 0 Å². The fourth-order valence-corrected chi connectivity index (χ4v) is 1.90. The second kappa shape index (κ2) is 4.22. The highest BCUT2D eigenvalue weighted by Gasteiger charge is 2.31. The van der Waals surface area contributed by atoms with Crippen LogP contribution in [0.15, 0.2) is 42.5 Å². The van der Waals surface area contributed by atoms with Crippen LogP contribution in [0.3, 0.4) is 0 Å². The SMILES string of the molecule is OC1(O)C=CC(c2cccc(Cl)c2)=CC1Cl. The molecule has 1 unspecified atom stereocenters. The maximum atomic E-state index is 9.43. The van der Waals surface area contributed by atoms with Crippen molar-refractivity contribution in [3.8, 4) is 0 Å². The van der Waals surface area contributed by atoms with Crippen LogP contribution in [0.25, 0.3) is 5.57 Å². The minimum absolute atomic E-state index is 0.628. The Morgan fingerprint density at radius 2 is 2.00 bits per heavy atom. The van der Waals surface area contributed by atoms with E-state index in [0.717, 1.165) is 11.1 Å². The van der Waals surface area contributed by atoms with E-state index in [9.17, 15) is 10.2 Å². The van der Waals surface area contributed by atoms with Gasteiger partial charge in [0.15, 0.2) is 0 Å². The van der Waals surface area contributed by atoms with E-state index in [1.54, 1.807) is 24.3 Å². The molecule has 0 radical (unpaired) electrons. The standard InChI is InChI=1S/C12H10Cl2O2/c13-10-3-1-2-8(6-10)9-4-5-12(15,16)11(14)7-9/h1-7,11,15-16H. The van der Waals surface area contributed by atoms with E-state index in [1.165, 1.54) is 6.08 Å². The Bertz CT molecular complexity index is 464. The van der Waals surface area contributed by atoms with E-state index in [2.05, 4.69) is 0 Å². The highest BCUT2D eigenvalue weighted by molar-refractivity contribution is 6.30. The molecule has 1 aliphatic rings. The Morgan fingerprint density at radius 3 is 2.62 bits per heavy atom. The highest BCUT2D eigenvalue weighted by atomic mass is 35.5. The molecule has 0 amide bonds. The Morgan fingerprint density at radius 1 is 1.25 bits per heavy atom. The second-order valence-electron chi connectivity index (χ2n) is 3.65. The van der Waals surface area contributed by atoms with Crippen LogP contribution in [0.1, 0.15) is 5.56 Å². The topological polar surface area (TPSA) is 40.5 Å². The summed E-state index contributed by atoms with van der Waals surface area (Å²) in [5.41, 5.74) is 1.71. The summed E-state index contributed by atoms with van der Waals surface area (Å²) in [6.45, 7) is 0. The van der Waals surface area contributed by atoms with Crippen LogP contribution in [-0.4, -0.2) is 21.4 Å². The Hall–Kier alpha value is -0.800. The van der Waals surface area contributed by atoms with Gasteiger partial charge in [0.1, 0.15) is 5.38 Å². The summed E-state index contributed by atoms with van der Waals surface area (Å²) < 4.78 is 0. The molecule has 0 saturated carbocycles. The van der Waals surface area contributed by atoms with Crippen LogP contribution in [0.5, 0.6) is 0 Å². The van der Waals surface area contributed by atoms with Crippen molar-refractivity contribution < 1.29 is 10.2 Å². The zero-order valence-corrected chi connectivity index (χ0v) is 9.78. The molecular formula is C12H10Cl2O2. The van der Waals surface area contributed by atoms with Gasteiger partial charge in [-0.1, -0.05) is 35.9 Å². The van der Waals surface area contributed by atoms with Gasteiger partial charge in [0.2, 0.25) is 5.79 Å². The molecule has 0 aliphatic heterocycles. The lowest BCUT2D eigenvalue weighted by Gasteiger charge is -2.25. The summed E-state index contributed by atoms with van der Waals surface area (Å²) in [6.07, 6.45) is 4.47. The quantitative estimate of drug-likeness (QED) is 0.599. The van der Waals surface area contributed by atoms with Gasteiger partial charge in [-0.3, -0.25) is 0 Å². The lowest BCUT2D eigenvalue weighted by Crippen LogP contribution is -2.36. The molecular weight excluding hydrogens is 247 g/mol. The number of halogens is 2. The van der Waals surface area contributed by atoms with Gasteiger partial charge in [-0.25, -0.2) is 0 Å². The summed E-state index contributed by atoms with van der Waals surface area (Å²) in [7, 11) is 0. The van der Waals surface area contributed by atoms with Crippen LogP contribution < -0.4 is 0 Å². The first-order valence-corrected chi connectivity index (χ1v) is 5.56. The van der Waals surface area contributed by atoms with Crippen LogP contribution in [-0.2, 0) is 0 Å². The summed E-state index contributed by atoms with van der Waals surface area (Å²) in [4.78, 5) is 0. The van der Waals surface area contributed by atoms with Gasteiger partial charge in [0.25, 0.3) is 0 Å². The lowest BCUT2D eigenvalue weighted by atomic mass is 9.96. The summed E-state index contributed by atoms with van der Waals surface area (Å²) in [5.74, 6) is -1.98. The van der Waals surface area contributed by atoms with E-state index in [-0.39, 0.29) is 0 Å². The number of aliphatic hydroxyl groups is 2. The fraction of sp³-hybridized carbons (Fsp3) is 0.167. The summed E-state index contributed by atoms with van der Waals surface area (Å²) >= 11 is 11.7. The maximum Gasteiger partial charge on any atom is 0.203 e. The second-order valence-corrected chi connectivity index (χ2v) is 4.56. The molecule has 1 atom stereocenters. The van der Waals surface area contributed by atoms with E-state index in [0.29, 0.717) is 5.02 Å². The molecule has 2 N–H and O–H groups in total. The van der Waals surface area contributed by atoms with E-state index < -0.39 is 11.2 Å². The molecule has 0 saturated heterocycles. The number of allylic oxidation sites excluding steroid dienone is 2. The Balaban J connectivity index is 2.35. The van der Waals surface area contributed by atoms with E-state index in [4.69, 9.17) is 23.2 Å². The minimum atomic E-state index is -1.98. The van der Waals surface area contributed by atoms with Gasteiger partial charge >= 0.3 is 0 Å². The number of alkyl halides is 1. The average Bonchev–Trinajstić information content (AvgIpc) is 2.22. The molecule has 2 nitrogen and oxygen atoms in total. The van der Waals surface area contributed by atoms with Crippen molar-refractivity contribution in [1.82, 2.24) is 0 Å². The summed E-state index contributed by atoms with van der Waals surface area (Å²) in [5, 5.41) is 18.6. The molecule has 0 aromatic heterocycles. The maximum absolute atomic E-state index is 9.43. The molecule has 0 spiro atoms. The third-order valence-corrected chi connectivity index (χ3v) is 3.08. The minimum Gasteiger partial charge on any atom is -0.361 e. The monoisotopic (exact) mass is 256 g/mol. The van der Waals surface area contributed by atoms with Crippen molar-refractivity contribution in [2.45, 2.75) is 11.2 Å². The fourth-order valence-electron chi connectivity index (χ4n) is 1.50. The number of benzene rings is 1. The van der Waals surface area contributed by atoms with Crippen molar-refractivity contribution in [3.05, 3.63) is 53.1 Å². The molecule has 0 heterocycles. The highest BCUT2D eigenvalue weighted by Crippen LogP contribution is 2.29. The molecule has 1 aromatic carbocycles. The lowest BCUT2D eigenvalue weighted by molar-refractivity contribution is -0.111. The van der Waals surface area contributed by atoms with Crippen LogP contribution in [0.2, 0.25) is 5.02 Å². The van der Waals surface area contributed by atoms with Gasteiger partial charge in [0.05, 0.1) is 0 Å². The number of hydrogen-bond donors (Lipinski definition) is 2. The molecule has 84 valence electrons. The van der Waals surface area contributed by atoms with E-state index in [1.807, 2.05) is 12.1 Å². The zero-order chi connectivity index (χ0) is 11.8. The first-order valence-electron chi connectivity index (χ1n) is 4.75. The molecule has 16 heavy (non-hydrogen) atoms. The smallest absolute Gasteiger partial charge is 0.203 e. The van der Waals surface area contributed by atoms with Gasteiger partial charge < -0.3 is 10.2 Å². The van der Waals surface area contributed by atoms with Crippen molar-refractivity contribution >= 4 is 28.8 Å². The number of hydrogen-bond acceptors (Lipinski definition) is 2. The van der Waals surface area contributed by atoms with Crippen molar-refractivity contribution in [2.75, 3.05) is 0 Å². The van der Waals surface area contributed by atoms with Gasteiger partial charge in [-0.05, 0) is 29.3 Å². The molecule has 2 rings (SSSR count). The third-order valence-electron chi connectivity index (χ3n) is 2.40. The first kappa shape index (κ1) is 11.7. The van der Waals surface area contributed by atoms with Gasteiger partial charge in [0, 0.05) is 5.02 Å². The number of rotatable bonds is 1. The van der Waals surface area contributed by atoms with Crippen LogP contribution in [0.4, 0.5) is 0 Å². The molecule has 1 aromatic rings. The Kier molecular flexibility index (Phi) is 3.08. The third kappa shape index (κ3) is 2.30. The molecule has 1 aliphatic carbocycles. The largest absolute Gasteiger partial charge is 0.361 e. The predicted molar refractivity (Wildman–Crippen MR) is 65.4 cm³/mol. The molecule has 4 heteroatoms. The zero-order valence-electron chi connectivity index (χ0n) is 8.27. The van der Waals surface area contributed by atoms with Crippen LogP contribution >= 0.6 is 23.2 Å². The van der Waals surface area contributed by atoms with Gasteiger partial charge in [-0.15, -0.1) is 11.6 Å². The Labute approximate surface area is 103 Å². The summed E-state index contributed by atoms with van der Waals surface area (Å²) in [6, 6.07) is 7.28. The van der Waals surface area contributed by atoms with Crippen molar-refractivity contribution in [2.24, 2.45) is 0 Å². The molecule has 0 fully saturated rings. The van der Waals surface area contributed by atoms with Crippen molar-refractivity contribution in [1.29, 1.82) is 0 Å². The van der Waals surface area contributed by atoms with Crippen LogP contribution in [0, 0.1) is 0 Å². The average molecular weight is 257 g/mol. The van der Waals surface area contributed by atoms with Gasteiger partial charge in [-0.2, -0.15) is 0 Å². The predicted octanol–water partition coefficient (Wildman–Crippen LogP) is 2.58. The van der Waals surface area contributed by atoms with E-state index >= 15 is 0 Å². The molecule has 0 bridgehead atoms. The first-order chi connectivity index (χ1) is 7.49.